The van der Waals surface area contributed by atoms with Crippen LogP contribution in [0, 0.1) is 5.92 Å². The van der Waals surface area contributed by atoms with Crippen molar-refractivity contribution in [3.05, 3.63) is 46.6 Å². The molecule has 4 heterocycles. The van der Waals surface area contributed by atoms with Gasteiger partial charge in [-0.2, -0.15) is 0 Å². The average molecular weight is 535 g/mol. The van der Waals surface area contributed by atoms with E-state index in [-0.39, 0.29) is 37.1 Å². The van der Waals surface area contributed by atoms with E-state index in [1.807, 2.05) is 25.1 Å². The van der Waals surface area contributed by atoms with Gasteiger partial charge in [0.2, 0.25) is 11.8 Å². The molecule has 12 heteroatoms. The van der Waals surface area contributed by atoms with Crippen molar-refractivity contribution in [2.45, 2.75) is 50.7 Å². The molecule has 3 N–H and O–H groups in total. The number of anilines is 1. The van der Waals surface area contributed by atoms with Crippen LogP contribution in [-0.4, -0.2) is 51.8 Å². The molecule has 3 aromatic rings. The second-order valence-corrected chi connectivity index (χ2v) is 11.0. The molecule has 1 aliphatic carbocycles. The third-order valence-corrected chi connectivity index (χ3v) is 8.68. The lowest BCUT2D eigenvalue weighted by molar-refractivity contribution is -0.136. The van der Waals surface area contributed by atoms with Crippen LogP contribution in [0.5, 0.6) is 5.75 Å². The summed E-state index contributed by atoms with van der Waals surface area (Å²) in [7, 11) is 1.61. The maximum absolute atomic E-state index is 13.1. The number of nitrogens with one attached hydrogen (secondary N) is 3. The van der Waals surface area contributed by atoms with Gasteiger partial charge in [0.25, 0.3) is 5.91 Å². The third kappa shape index (κ3) is 4.14. The summed E-state index contributed by atoms with van der Waals surface area (Å²) in [6.45, 7) is 2.12. The number of nitrogens with zero attached hydrogens (tertiary/aromatic N) is 3. The molecule has 196 valence electrons. The summed E-state index contributed by atoms with van der Waals surface area (Å²) >= 11 is 1.53. The Hall–Kier alpha value is -4.06. The fourth-order valence-corrected chi connectivity index (χ4v) is 6.35. The van der Waals surface area contributed by atoms with Crippen molar-refractivity contribution in [3.63, 3.8) is 0 Å². The number of hydrogen-bond acceptors (Lipinski definition) is 8. The highest BCUT2D eigenvalue weighted by atomic mass is 32.1. The predicted molar refractivity (Wildman–Crippen MR) is 139 cm³/mol. The Bertz CT molecular complexity index is 1500. The molecule has 1 saturated carbocycles. The number of fused-ring (bicyclic) bond motifs is 2. The molecular weight excluding hydrogens is 508 g/mol. The standard InChI is InChI=1S/C26H26N6O5S/c1-26(13-6-7-13,24-30-21-17(37-2)4-3-5-18(21)38-24)31-25(36)28-19-10-8-14-15(27-19)12-32(23(14)35)16-9-11-20(33)29-22(16)34/h3-5,8,10,13,16H,6-7,9,11-12H2,1-2H3,(H,29,33,34)(H2,27,28,31,36). The van der Waals surface area contributed by atoms with Crippen molar-refractivity contribution in [1.29, 1.82) is 0 Å². The van der Waals surface area contributed by atoms with Crippen molar-refractivity contribution in [2.24, 2.45) is 5.92 Å². The largest absolute Gasteiger partial charge is 0.494 e. The zero-order chi connectivity index (χ0) is 26.6. The first kappa shape index (κ1) is 24.3. The Labute approximate surface area is 222 Å². The first-order valence-corrected chi connectivity index (χ1v) is 13.3. The van der Waals surface area contributed by atoms with Crippen LogP contribution in [0.25, 0.3) is 10.2 Å². The highest BCUT2D eigenvalue weighted by Crippen LogP contribution is 2.48. The Balaban J connectivity index is 1.19. The van der Waals surface area contributed by atoms with Gasteiger partial charge < -0.3 is 15.0 Å². The number of imide groups is 1. The van der Waals surface area contributed by atoms with Crippen LogP contribution < -0.4 is 20.7 Å². The first-order valence-electron chi connectivity index (χ1n) is 12.4. The number of amides is 5. The maximum Gasteiger partial charge on any atom is 0.321 e. The molecule has 2 fully saturated rings. The van der Waals surface area contributed by atoms with Crippen molar-refractivity contribution < 1.29 is 23.9 Å². The fraction of sp³-hybridized carbons (Fsp3) is 0.385. The van der Waals surface area contributed by atoms with E-state index in [0.29, 0.717) is 22.8 Å². The summed E-state index contributed by atoms with van der Waals surface area (Å²) in [4.78, 5) is 60.6. The first-order chi connectivity index (χ1) is 18.3. The van der Waals surface area contributed by atoms with Gasteiger partial charge in [-0.25, -0.2) is 14.8 Å². The lowest BCUT2D eigenvalue weighted by Gasteiger charge is -2.29. The summed E-state index contributed by atoms with van der Waals surface area (Å²) in [6.07, 6.45) is 2.42. The minimum atomic E-state index is -0.721. The van der Waals surface area contributed by atoms with Crippen LogP contribution in [0.4, 0.5) is 10.6 Å². The molecule has 0 spiro atoms. The van der Waals surface area contributed by atoms with Gasteiger partial charge in [0.05, 0.1) is 35.2 Å². The van der Waals surface area contributed by atoms with Crippen molar-refractivity contribution in [2.75, 3.05) is 12.4 Å². The van der Waals surface area contributed by atoms with Gasteiger partial charge >= 0.3 is 6.03 Å². The lowest BCUT2D eigenvalue weighted by atomic mass is 9.97. The van der Waals surface area contributed by atoms with E-state index in [4.69, 9.17) is 9.72 Å². The maximum atomic E-state index is 13.1. The summed E-state index contributed by atoms with van der Waals surface area (Å²) < 4.78 is 6.45. The topological polar surface area (TPSA) is 143 Å². The summed E-state index contributed by atoms with van der Waals surface area (Å²) in [5.74, 6) is 0.110. The summed E-state index contributed by atoms with van der Waals surface area (Å²) in [5.41, 5.74) is 0.954. The molecule has 2 aliphatic heterocycles. The van der Waals surface area contributed by atoms with Gasteiger partial charge in [-0.1, -0.05) is 6.07 Å². The number of rotatable bonds is 6. The fourth-order valence-electron chi connectivity index (χ4n) is 5.19. The number of urea groups is 1. The lowest BCUT2D eigenvalue weighted by Crippen LogP contribution is -2.52. The number of methoxy groups -OCH3 is 1. The Kier molecular flexibility index (Phi) is 5.78. The molecule has 2 aromatic heterocycles. The van der Waals surface area contributed by atoms with Gasteiger partial charge in [0.1, 0.15) is 28.1 Å². The highest BCUT2D eigenvalue weighted by Gasteiger charge is 2.46. The van der Waals surface area contributed by atoms with Gasteiger partial charge in [-0.05, 0) is 56.4 Å². The monoisotopic (exact) mass is 534 g/mol. The third-order valence-electron chi connectivity index (χ3n) is 7.43. The number of benzene rings is 1. The van der Waals surface area contributed by atoms with Crippen LogP contribution in [0.1, 0.15) is 53.7 Å². The molecule has 6 rings (SSSR count). The molecule has 3 aliphatic rings. The number of hydrogen-bond donors (Lipinski definition) is 3. The summed E-state index contributed by atoms with van der Waals surface area (Å²) in [5, 5.41) is 9.01. The number of thiazole rings is 1. The second kappa shape index (κ2) is 9.05. The smallest absolute Gasteiger partial charge is 0.321 e. The summed E-state index contributed by atoms with van der Waals surface area (Å²) in [6, 6.07) is 7.80. The van der Waals surface area contributed by atoms with Crippen LogP contribution >= 0.6 is 11.3 Å². The highest BCUT2D eigenvalue weighted by molar-refractivity contribution is 7.18. The van der Waals surface area contributed by atoms with E-state index in [9.17, 15) is 19.2 Å². The number of aromatic nitrogens is 2. The minimum absolute atomic E-state index is 0.130. The molecule has 1 aromatic carbocycles. The van der Waals surface area contributed by atoms with Gasteiger partial charge in [0, 0.05) is 6.42 Å². The number of ether oxygens (including phenoxy) is 1. The molecular formula is C26H26N6O5S. The zero-order valence-corrected chi connectivity index (χ0v) is 21.7. The molecule has 1 saturated heterocycles. The molecule has 0 radical (unpaired) electrons. The Morgan fingerprint density at radius 2 is 1.97 bits per heavy atom. The van der Waals surface area contributed by atoms with E-state index in [1.54, 1.807) is 19.2 Å². The molecule has 5 amide bonds. The zero-order valence-electron chi connectivity index (χ0n) is 20.9. The Morgan fingerprint density at radius 3 is 2.71 bits per heavy atom. The van der Waals surface area contributed by atoms with Gasteiger partial charge in [0.15, 0.2) is 0 Å². The molecule has 38 heavy (non-hydrogen) atoms. The molecule has 11 nitrogen and oxygen atoms in total. The number of pyridine rings is 1. The number of piperidine rings is 1. The SMILES string of the molecule is COc1cccc2sc(C(C)(NC(=O)Nc3ccc4c(n3)CN(C3CCC(=O)NC3=O)C4=O)C3CC3)nc12. The van der Waals surface area contributed by atoms with Crippen molar-refractivity contribution in [1.82, 2.24) is 25.5 Å². The normalized spacial score (nSPS) is 20.6. The van der Waals surface area contributed by atoms with E-state index in [2.05, 4.69) is 20.9 Å². The van der Waals surface area contributed by atoms with Crippen LogP contribution in [0.3, 0.4) is 0 Å². The number of carbonyl (C=O) groups is 4. The van der Waals surface area contributed by atoms with Crippen LogP contribution in [-0.2, 0) is 21.7 Å². The van der Waals surface area contributed by atoms with Crippen LogP contribution in [0.15, 0.2) is 30.3 Å². The number of para-hydroxylation sites is 1. The molecule has 2 unspecified atom stereocenters. The van der Waals surface area contributed by atoms with Gasteiger partial charge in [-0.15, -0.1) is 11.3 Å². The van der Waals surface area contributed by atoms with E-state index in [0.717, 1.165) is 28.1 Å². The average Bonchev–Trinajstić information content (AvgIpc) is 3.58. The van der Waals surface area contributed by atoms with Crippen LogP contribution in [0.2, 0.25) is 0 Å². The predicted octanol–water partition coefficient (Wildman–Crippen LogP) is 2.91. The minimum Gasteiger partial charge on any atom is -0.494 e. The van der Waals surface area contributed by atoms with Crippen molar-refractivity contribution >= 4 is 51.1 Å². The quantitative estimate of drug-likeness (QED) is 0.413. The van der Waals surface area contributed by atoms with Crippen molar-refractivity contribution in [3.8, 4) is 5.75 Å². The van der Waals surface area contributed by atoms with E-state index in [1.165, 1.54) is 16.2 Å². The number of carbonyl (C=O) groups excluding carboxylic acids is 4. The Morgan fingerprint density at radius 1 is 1.16 bits per heavy atom. The second-order valence-electron chi connectivity index (χ2n) is 9.97. The molecule has 0 bridgehead atoms. The van der Waals surface area contributed by atoms with E-state index < -0.39 is 23.5 Å². The molecule has 2 atom stereocenters. The van der Waals surface area contributed by atoms with E-state index >= 15 is 0 Å². The van der Waals surface area contributed by atoms with Gasteiger partial charge in [-0.3, -0.25) is 25.0 Å².